The van der Waals surface area contributed by atoms with Gasteiger partial charge in [-0.1, -0.05) is 19.1 Å². The number of rotatable bonds is 9. The van der Waals surface area contributed by atoms with Gasteiger partial charge in [-0.3, -0.25) is 4.98 Å². The molecule has 3 aromatic heterocycles. The van der Waals surface area contributed by atoms with E-state index in [0.717, 1.165) is 34.3 Å². The number of fused-ring (bicyclic) bond motifs is 1. The number of aliphatic hydroxyl groups is 2. The van der Waals surface area contributed by atoms with Crippen LogP contribution in [0.4, 0.5) is 0 Å². The molecule has 0 saturated heterocycles. The van der Waals surface area contributed by atoms with Gasteiger partial charge in [0.25, 0.3) is 0 Å². The Balaban J connectivity index is 1.86. The molecule has 0 bridgehead atoms. The molecule has 8 heteroatoms. The summed E-state index contributed by atoms with van der Waals surface area (Å²) in [6.07, 6.45) is 3.06. The molecule has 1 aromatic carbocycles. The summed E-state index contributed by atoms with van der Waals surface area (Å²) in [4.78, 5) is 9.26. The zero-order valence-corrected chi connectivity index (χ0v) is 18.0. The molecule has 32 heavy (non-hydrogen) atoms. The van der Waals surface area contributed by atoms with Crippen LogP contribution in [0.25, 0.3) is 28.0 Å². The van der Waals surface area contributed by atoms with E-state index >= 15 is 0 Å². The van der Waals surface area contributed by atoms with Gasteiger partial charge in [0, 0.05) is 24.6 Å². The van der Waals surface area contributed by atoms with Crippen LogP contribution in [0.3, 0.4) is 0 Å². The van der Waals surface area contributed by atoms with Crippen LogP contribution < -0.4 is 10.5 Å². The fourth-order valence-corrected chi connectivity index (χ4v) is 3.49. The van der Waals surface area contributed by atoms with E-state index in [-0.39, 0.29) is 19.3 Å². The van der Waals surface area contributed by atoms with Crippen molar-refractivity contribution < 1.29 is 14.9 Å². The van der Waals surface area contributed by atoms with Crippen LogP contribution in [-0.4, -0.2) is 43.2 Å². The molecule has 4 N–H and O–H groups in total. The van der Waals surface area contributed by atoms with Gasteiger partial charge in [0.2, 0.25) is 0 Å². The molecule has 166 valence electrons. The van der Waals surface area contributed by atoms with Crippen LogP contribution in [0.2, 0.25) is 0 Å². The first-order chi connectivity index (χ1) is 15.6. The first kappa shape index (κ1) is 21.9. The molecule has 4 rings (SSSR count). The Bertz CT molecular complexity index is 1210. The summed E-state index contributed by atoms with van der Waals surface area (Å²) in [5.41, 5.74) is 10.0. The third kappa shape index (κ3) is 4.47. The Morgan fingerprint density at radius 3 is 2.72 bits per heavy atom. The minimum Gasteiger partial charge on any atom is -0.493 e. The van der Waals surface area contributed by atoms with E-state index in [1.54, 1.807) is 16.9 Å². The highest BCUT2D eigenvalue weighted by Gasteiger charge is 2.15. The van der Waals surface area contributed by atoms with Crippen LogP contribution in [0.1, 0.15) is 37.2 Å². The lowest BCUT2D eigenvalue weighted by Gasteiger charge is -2.13. The Morgan fingerprint density at radius 2 is 1.94 bits per heavy atom. The van der Waals surface area contributed by atoms with E-state index in [0.29, 0.717) is 30.3 Å². The topological polar surface area (TPSA) is 119 Å². The van der Waals surface area contributed by atoms with Gasteiger partial charge in [-0.2, -0.15) is 5.10 Å². The first-order valence-corrected chi connectivity index (χ1v) is 10.7. The van der Waals surface area contributed by atoms with Crippen molar-refractivity contribution in [2.45, 2.75) is 32.4 Å². The van der Waals surface area contributed by atoms with Gasteiger partial charge < -0.3 is 20.7 Å². The summed E-state index contributed by atoms with van der Waals surface area (Å²) in [6.45, 7) is 2.32. The molecule has 0 aliphatic carbocycles. The summed E-state index contributed by atoms with van der Waals surface area (Å²) in [6, 6.07) is 15.1. The zero-order valence-electron chi connectivity index (χ0n) is 18.0. The molecule has 3 heterocycles. The number of nitrogens with two attached hydrogens (primary N) is 1. The van der Waals surface area contributed by atoms with Crippen molar-refractivity contribution in [3.63, 3.8) is 0 Å². The van der Waals surface area contributed by atoms with Crippen molar-refractivity contribution in [1.29, 1.82) is 0 Å². The van der Waals surface area contributed by atoms with E-state index in [2.05, 4.69) is 10.1 Å². The number of benzene rings is 1. The average Bonchev–Trinajstić information content (AvgIpc) is 3.28. The van der Waals surface area contributed by atoms with Crippen LogP contribution in [0.5, 0.6) is 5.75 Å². The Labute approximate surface area is 186 Å². The molecule has 0 amide bonds. The largest absolute Gasteiger partial charge is 0.493 e. The smallest absolute Gasteiger partial charge is 0.154 e. The van der Waals surface area contributed by atoms with Crippen LogP contribution in [-0.2, 0) is 6.61 Å². The summed E-state index contributed by atoms with van der Waals surface area (Å²) < 4.78 is 7.71. The summed E-state index contributed by atoms with van der Waals surface area (Å²) in [5.74, 6) is 1.25. The number of aliphatic hydroxyl groups excluding tert-OH is 2. The maximum Gasteiger partial charge on any atom is 0.154 e. The van der Waals surface area contributed by atoms with Gasteiger partial charge in [-0.15, -0.1) is 0 Å². The molecule has 1 unspecified atom stereocenters. The predicted octanol–water partition coefficient (Wildman–Crippen LogP) is 3.15. The molecule has 0 saturated carbocycles. The number of hydrogen-bond donors (Lipinski definition) is 3. The second-order valence-electron chi connectivity index (χ2n) is 7.50. The van der Waals surface area contributed by atoms with E-state index in [9.17, 15) is 5.11 Å². The maximum absolute atomic E-state index is 9.47. The minimum absolute atomic E-state index is 0.0540. The van der Waals surface area contributed by atoms with Crippen LogP contribution in [0.15, 0.2) is 54.7 Å². The monoisotopic (exact) mass is 433 g/mol. The highest BCUT2D eigenvalue weighted by Crippen LogP contribution is 2.33. The summed E-state index contributed by atoms with van der Waals surface area (Å²) in [7, 11) is 0. The summed E-state index contributed by atoms with van der Waals surface area (Å²) in [5, 5.41) is 24.0. The average molecular weight is 434 g/mol. The number of nitrogens with zero attached hydrogens (tertiary/aromatic N) is 4. The highest BCUT2D eigenvalue weighted by atomic mass is 16.5. The van der Waals surface area contributed by atoms with Crippen molar-refractivity contribution in [3.05, 3.63) is 66.1 Å². The molecular weight excluding hydrogens is 406 g/mol. The van der Waals surface area contributed by atoms with Gasteiger partial charge in [0.05, 0.1) is 47.4 Å². The third-order valence-electron chi connectivity index (χ3n) is 5.27. The van der Waals surface area contributed by atoms with Crippen molar-refractivity contribution in [2.24, 2.45) is 5.73 Å². The van der Waals surface area contributed by atoms with Crippen LogP contribution >= 0.6 is 0 Å². The van der Waals surface area contributed by atoms with Gasteiger partial charge in [0.1, 0.15) is 5.75 Å². The van der Waals surface area contributed by atoms with Crippen molar-refractivity contribution in [3.8, 4) is 22.8 Å². The number of ether oxygens (including phenoxy) is 1. The number of hydrogen-bond acceptors (Lipinski definition) is 7. The fraction of sp³-hybridized carbons (Fsp3) is 0.292. The third-order valence-corrected chi connectivity index (χ3v) is 5.27. The van der Waals surface area contributed by atoms with Gasteiger partial charge in [-0.05, 0) is 42.8 Å². The van der Waals surface area contributed by atoms with Crippen LogP contribution in [0, 0.1) is 0 Å². The molecule has 1 atom stereocenters. The summed E-state index contributed by atoms with van der Waals surface area (Å²) >= 11 is 0. The highest BCUT2D eigenvalue weighted by molar-refractivity contribution is 5.90. The van der Waals surface area contributed by atoms with Crippen molar-refractivity contribution in [1.82, 2.24) is 19.7 Å². The molecule has 8 nitrogen and oxygen atoms in total. The molecule has 4 aromatic rings. The predicted molar refractivity (Wildman–Crippen MR) is 122 cm³/mol. The van der Waals surface area contributed by atoms with Gasteiger partial charge >= 0.3 is 0 Å². The lowest BCUT2D eigenvalue weighted by atomic mass is 10.1. The molecule has 0 radical (unpaired) electrons. The van der Waals surface area contributed by atoms with Gasteiger partial charge in [0.15, 0.2) is 5.82 Å². The van der Waals surface area contributed by atoms with E-state index in [1.807, 2.05) is 49.4 Å². The van der Waals surface area contributed by atoms with E-state index in [1.165, 1.54) is 0 Å². The normalized spacial score (nSPS) is 12.2. The molecule has 0 aliphatic rings. The lowest BCUT2D eigenvalue weighted by Crippen LogP contribution is -2.10. The number of aromatic nitrogens is 4. The quantitative estimate of drug-likeness (QED) is 0.347. The Morgan fingerprint density at radius 1 is 1.09 bits per heavy atom. The molecule has 0 aliphatic heterocycles. The minimum atomic E-state index is -0.151. The van der Waals surface area contributed by atoms with Crippen molar-refractivity contribution >= 4 is 10.9 Å². The maximum atomic E-state index is 9.47. The second kappa shape index (κ2) is 9.86. The van der Waals surface area contributed by atoms with E-state index < -0.39 is 0 Å². The van der Waals surface area contributed by atoms with Crippen molar-refractivity contribution in [2.75, 3.05) is 13.2 Å². The number of pyridine rings is 2. The molecular formula is C24H27N5O3. The molecule has 0 fully saturated rings. The molecule has 0 spiro atoms. The SMILES string of the molecule is CCC(N)c1cccc(-c2cc(OCCCO)c3cnn(-c4cccc(CO)n4)c3c2)n1. The standard InChI is InChI=1S/C24H27N5O3/c1-2-19(25)21-8-4-7-20(28-21)16-12-22-18(23(13-16)32-11-5-10-30)14-26-29(22)24-9-3-6-17(15-31)27-24/h3-4,6-9,12-14,19,30-31H,2,5,10-11,15,25H2,1H3. The Kier molecular flexibility index (Phi) is 6.75. The second-order valence-corrected chi connectivity index (χ2v) is 7.50. The van der Waals surface area contributed by atoms with Gasteiger partial charge in [-0.25, -0.2) is 9.67 Å². The zero-order chi connectivity index (χ0) is 22.5. The van der Waals surface area contributed by atoms with E-state index in [4.69, 9.17) is 20.6 Å². The first-order valence-electron chi connectivity index (χ1n) is 10.7. The fourth-order valence-electron chi connectivity index (χ4n) is 3.49. The lowest BCUT2D eigenvalue weighted by molar-refractivity contribution is 0.235. The Hall–Kier alpha value is -3.33.